The van der Waals surface area contributed by atoms with Crippen molar-refractivity contribution in [1.82, 2.24) is 9.78 Å². The normalized spacial score (nSPS) is 17.9. The first-order valence-electron chi connectivity index (χ1n) is 10.3. The average Bonchev–Trinajstić information content (AvgIpc) is 3.09. The first-order valence-corrected chi connectivity index (χ1v) is 10.3. The molecule has 158 valence electrons. The smallest absolute Gasteiger partial charge is 0.387 e. The zero-order valence-corrected chi connectivity index (χ0v) is 16.9. The van der Waals surface area contributed by atoms with Crippen molar-refractivity contribution in [3.8, 4) is 11.4 Å². The molecule has 31 heavy (non-hydrogen) atoms. The Morgan fingerprint density at radius 2 is 1.84 bits per heavy atom. The maximum Gasteiger partial charge on any atom is 0.387 e. The highest BCUT2D eigenvalue weighted by Gasteiger charge is 2.40. The van der Waals surface area contributed by atoms with E-state index in [0.29, 0.717) is 24.0 Å². The van der Waals surface area contributed by atoms with Gasteiger partial charge in [0.2, 0.25) is 0 Å². The standard InChI is InChI=1S/C24H21F2N3O2/c1-14-20-21(16-10-5-6-13-19(16)31-24(25)26)22-17(11-7-12-18(22)30)27-23(20)29(28-14)15-8-3-2-4-9-15/h2-6,8-10,13,21,24,27H,7,11-12H2,1H3/t21-/m1/s1. The summed E-state index contributed by atoms with van der Waals surface area (Å²) >= 11 is 0. The third-order valence-corrected chi connectivity index (χ3v) is 5.86. The number of Topliss-reactive ketones (excluding diaryl/α,β-unsaturated/α-hetero) is 1. The number of hydrogen-bond acceptors (Lipinski definition) is 4. The number of aromatic nitrogens is 2. The van der Waals surface area contributed by atoms with E-state index in [0.717, 1.165) is 34.9 Å². The minimum Gasteiger partial charge on any atom is -0.435 e. The molecule has 0 spiro atoms. The second kappa shape index (κ2) is 7.65. The molecule has 1 aromatic heterocycles. The summed E-state index contributed by atoms with van der Waals surface area (Å²) < 4.78 is 33.0. The lowest BCUT2D eigenvalue weighted by Crippen LogP contribution is -2.28. The van der Waals surface area contributed by atoms with E-state index >= 15 is 0 Å². The van der Waals surface area contributed by atoms with Crippen molar-refractivity contribution in [1.29, 1.82) is 0 Å². The van der Waals surface area contributed by atoms with Gasteiger partial charge in [-0.1, -0.05) is 36.4 Å². The van der Waals surface area contributed by atoms with Gasteiger partial charge in [0, 0.05) is 34.7 Å². The summed E-state index contributed by atoms with van der Waals surface area (Å²) in [5.74, 6) is 0.344. The minimum atomic E-state index is -2.95. The number of carbonyl (C=O) groups is 1. The Hall–Kier alpha value is -3.48. The third kappa shape index (κ3) is 3.30. The molecule has 7 heteroatoms. The van der Waals surface area contributed by atoms with Gasteiger partial charge in [-0.3, -0.25) is 4.79 Å². The fourth-order valence-corrected chi connectivity index (χ4v) is 4.61. The van der Waals surface area contributed by atoms with Crippen molar-refractivity contribution < 1.29 is 18.3 Å². The summed E-state index contributed by atoms with van der Waals surface area (Å²) in [4.78, 5) is 13.0. The molecule has 0 amide bonds. The van der Waals surface area contributed by atoms with Gasteiger partial charge in [-0.25, -0.2) is 4.68 Å². The quantitative estimate of drug-likeness (QED) is 0.617. The predicted molar refractivity (Wildman–Crippen MR) is 113 cm³/mol. The number of alkyl halides is 2. The lowest BCUT2D eigenvalue weighted by molar-refractivity contribution is -0.116. The van der Waals surface area contributed by atoms with Gasteiger partial charge in [0.05, 0.1) is 11.4 Å². The molecular formula is C24H21F2N3O2. The van der Waals surface area contributed by atoms with E-state index in [2.05, 4.69) is 5.32 Å². The fourth-order valence-electron chi connectivity index (χ4n) is 4.61. The molecule has 1 aliphatic heterocycles. The van der Waals surface area contributed by atoms with Gasteiger partial charge in [0.25, 0.3) is 0 Å². The van der Waals surface area contributed by atoms with E-state index in [4.69, 9.17) is 9.84 Å². The largest absolute Gasteiger partial charge is 0.435 e. The molecule has 0 fully saturated rings. The molecule has 3 aromatic rings. The molecule has 0 radical (unpaired) electrons. The summed E-state index contributed by atoms with van der Waals surface area (Å²) in [5.41, 5.74) is 4.42. The van der Waals surface area contributed by atoms with Gasteiger partial charge >= 0.3 is 6.61 Å². The van der Waals surface area contributed by atoms with Crippen LogP contribution in [-0.2, 0) is 4.79 Å². The maximum absolute atomic E-state index is 13.1. The highest BCUT2D eigenvalue weighted by atomic mass is 19.3. The Morgan fingerprint density at radius 3 is 2.61 bits per heavy atom. The number of hydrogen-bond donors (Lipinski definition) is 1. The molecule has 1 aliphatic carbocycles. The molecule has 2 heterocycles. The van der Waals surface area contributed by atoms with Gasteiger partial charge in [0.1, 0.15) is 11.6 Å². The third-order valence-electron chi connectivity index (χ3n) is 5.86. The van der Waals surface area contributed by atoms with Crippen LogP contribution < -0.4 is 10.1 Å². The van der Waals surface area contributed by atoms with E-state index in [1.807, 2.05) is 41.9 Å². The zero-order valence-electron chi connectivity index (χ0n) is 16.9. The molecule has 5 rings (SSSR count). The van der Waals surface area contributed by atoms with Crippen molar-refractivity contribution in [3.05, 3.63) is 82.7 Å². The molecule has 0 saturated heterocycles. The molecular weight excluding hydrogens is 400 g/mol. The van der Waals surface area contributed by atoms with Crippen LogP contribution >= 0.6 is 0 Å². The van der Waals surface area contributed by atoms with Crippen LogP contribution in [0.2, 0.25) is 0 Å². The number of benzene rings is 2. The molecule has 1 N–H and O–H groups in total. The van der Waals surface area contributed by atoms with E-state index in [-0.39, 0.29) is 11.5 Å². The lowest BCUT2D eigenvalue weighted by Gasteiger charge is -2.33. The first-order chi connectivity index (χ1) is 15.0. The van der Waals surface area contributed by atoms with Crippen molar-refractivity contribution in [3.63, 3.8) is 0 Å². The van der Waals surface area contributed by atoms with Crippen LogP contribution in [0.5, 0.6) is 5.75 Å². The van der Waals surface area contributed by atoms with Crippen molar-refractivity contribution in [2.75, 3.05) is 5.32 Å². The van der Waals surface area contributed by atoms with E-state index in [1.165, 1.54) is 6.07 Å². The second-order valence-corrected chi connectivity index (χ2v) is 7.74. The lowest BCUT2D eigenvalue weighted by atomic mass is 9.76. The molecule has 5 nitrogen and oxygen atoms in total. The monoisotopic (exact) mass is 421 g/mol. The predicted octanol–water partition coefficient (Wildman–Crippen LogP) is 5.35. The molecule has 1 atom stereocenters. The Kier molecular flexibility index (Phi) is 4.81. The number of fused-ring (bicyclic) bond motifs is 1. The number of anilines is 1. The highest BCUT2D eigenvalue weighted by Crippen LogP contribution is 2.49. The van der Waals surface area contributed by atoms with Crippen molar-refractivity contribution in [2.45, 2.75) is 38.7 Å². The van der Waals surface area contributed by atoms with Crippen molar-refractivity contribution >= 4 is 11.6 Å². The van der Waals surface area contributed by atoms with Gasteiger partial charge in [-0.15, -0.1) is 0 Å². The first kappa shape index (κ1) is 19.5. The van der Waals surface area contributed by atoms with E-state index < -0.39 is 12.5 Å². The Labute approximate surface area is 178 Å². The molecule has 2 aliphatic rings. The van der Waals surface area contributed by atoms with Crippen LogP contribution in [0, 0.1) is 6.92 Å². The SMILES string of the molecule is Cc1nn(-c2ccccc2)c2c1[C@@H](c1ccccc1OC(F)F)C1=C(CCCC1=O)N2. The minimum absolute atomic E-state index is 0.0307. The van der Waals surface area contributed by atoms with Gasteiger partial charge in [-0.2, -0.15) is 13.9 Å². The average molecular weight is 421 g/mol. The molecule has 0 bridgehead atoms. The summed E-state index contributed by atoms with van der Waals surface area (Å²) in [6, 6.07) is 16.4. The Morgan fingerprint density at radius 1 is 1.10 bits per heavy atom. The molecule has 0 unspecified atom stereocenters. The highest BCUT2D eigenvalue weighted by molar-refractivity contribution is 6.01. The van der Waals surface area contributed by atoms with Gasteiger partial charge < -0.3 is 10.1 Å². The van der Waals surface area contributed by atoms with Crippen molar-refractivity contribution in [2.24, 2.45) is 0 Å². The summed E-state index contributed by atoms with van der Waals surface area (Å²) in [6.07, 6.45) is 1.91. The Bertz CT molecular complexity index is 1180. The van der Waals surface area contributed by atoms with E-state index in [9.17, 15) is 13.6 Å². The number of allylic oxidation sites excluding steroid dienone is 2. The van der Waals surface area contributed by atoms with Crippen LogP contribution in [0.4, 0.5) is 14.6 Å². The number of rotatable bonds is 4. The maximum atomic E-state index is 13.1. The van der Waals surface area contributed by atoms with Gasteiger partial charge in [0.15, 0.2) is 5.78 Å². The number of carbonyl (C=O) groups excluding carboxylic acids is 1. The van der Waals surface area contributed by atoms with Crippen LogP contribution in [-0.4, -0.2) is 22.2 Å². The number of ether oxygens (including phenoxy) is 1. The zero-order chi connectivity index (χ0) is 21.5. The molecule has 0 saturated carbocycles. The van der Waals surface area contributed by atoms with E-state index in [1.54, 1.807) is 18.2 Å². The summed E-state index contributed by atoms with van der Waals surface area (Å²) in [5, 5.41) is 8.19. The topological polar surface area (TPSA) is 56.2 Å². The van der Waals surface area contributed by atoms with Crippen LogP contribution in [0.25, 0.3) is 5.69 Å². The number of aryl methyl sites for hydroxylation is 1. The van der Waals surface area contributed by atoms with Gasteiger partial charge in [-0.05, 0) is 38.0 Å². The number of nitrogens with one attached hydrogen (secondary N) is 1. The molecule has 2 aromatic carbocycles. The second-order valence-electron chi connectivity index (χ2n) is 7.74. The Balaban J connectivity index is 1.76. The number of ketones is 1. The number of nitrogens with zero attached hydrogens (tertiary/aromatic N) is 2. The fraction of sp³-hybridized carbons (Fsp3) is 0.250. The van der Waals surface area contributed by atoms with Crippen LogP contribution in [0.3, 0.4) is 0 Å². The van der Waals surface area contributed by atoms with Crippen LogP contribution in [0.15, 0.2) is 65.9 Å². The number of para-hydroxylation sites is 2. The number of halogens is 2. The summed E-state index contributed by atoms with van der Waals surface area (Å²) in [7, 11) is 0. The van der Waals surface area contributed by atoms with Crippen LogP contribution in [0.1, 0.15) is 42.0 Å². The summed E-state index contributed by atoms with van der Waals surface area (Å²) in [6.45, 7) is -1.08.